The fraction of sp³-hybridized carbons (Fsp3) is 0.538. The van der Waals surface area contributed by atoms with Gasteiger partial charge in [-0.1, -0.05) is 25.1 Å². The molecule has 0 spiro atoms. The van der Waals surface area contributed by atoms with Crippen molar-refractivity contribution < 1.29 is 9.84 Å². The van der Waals surface area contributed by atoms with E-state index in [9.17, 15) is 0 Å². The molecule has 0 bridgehead atoms. The lowest BCUT2D eigenvalue weighted by molar-refractivity contribution is 0.163. The molecule has 1 unspecified atom stereocenters. The lowest BCUT2D eigenvalue weighted by Gasteiger charge is -2.28. The molecule has 3 heteroatoms. The van der Waals surface area contributed by atoms with Crippen molar-refractivity contribution in [3.05, 3.63) is 29.8 Å². The summed E-state index contributed by atoms with van der Waals surface area (Å²) in [6, 6.07) is 8.29. The van der Waals surface area contributed by atoms with Crippen molar-refractivity contribution >= 4 is 0 Å². The molecule has 0 radical (unpaired) electrons. The van der Waals surface area contributed by atoms with Gasteiger partial charge >= 0.3 is 0 Å². The van der Waals surface area contributed by atoms with Gasteiger partial charge in [0.1, 0.15) is 5.75 Å². The van der Waals surface area contributed by atoms with Crippen LogP contribution in [-0.2, 0) is 0 Å². The average molecular weight is 223 g/mol. The van der Waals surface area contributed by atoms with E-state index in [1.807, 2.05) is 18.2 Å². The summed E-state index contributed by atoms with van der Waals surface area (Å²) in [6.07, 6.45) is 0. The summed E-state index contributed by atoms with van der Waals surface area (Å²) in [6.45, 7) is 6.03. The molecule has 90 valence electrons. The lowest BCUT2D eigenvalue weighted by Crippen LogP contribution is -2.29. The van der Waals surface area contributed by atoms with Gasteiger partial charge in [-0.3, -0.25) is 4.90 Å². The molecule has 3 nitrogen and oxygen atoms in total. The van der Waals surface area contributed by atoms with E-state index in [1.54, 1.807) is 7.11 Å². The SMILES string of the molecule is CCN(CCO)C(C)c1ccccc1OC. The fourth-order valence-corrected chi connectivity index (χ4v) is 1.96. The monoisotopic (exact) mass is 223 g/mol. The maximum atomic E-state index is 9.02. The molecule has 0 aliphatic carbocycles. The van der Waals surface area contributed by atoms with E-state index in [-0.39, 0.29) is 12.6 Å². The molecule has 0 saturated carbocycles. The molecule has 0 aliphatic rings. The van der Waals surface area contributed by atoms with Gasteiger partial charge in [0.15, 0.2) is 0 Å². The van der Waals surface area contributed by atoms with Gasteiger partial charge in [0.2, 0.25) is 0 Å². The van der Waals surface area contributed by atoms with Crippen molar-refractivity contribution in [2.75, 3.05) is 26.8 Å². The van der Waals surface area contributed by atoms with Gasteiger partial charge in [0.25, 0.3) is 0 Å². The van der Waals surface area contributed by atoms with E-state index in [1.165, 1.54) is 5.56 Å². The third-order valence-electron chi connectivity index (χ3n) is 2.93. The van der Waals surface area contributed by atoms with E-state index in [2.05, 4.69) is 24.8 Å². The zero-order valence-corrected chi connectivity index (χ0v) is 10.3. The third-order valence-corrected chi connectivity index (χ3v) is 2.93. The largest absolute Gasteiger partial charge is 0.496 e. The zero-order chi connectivity index (χ0) is 12.0. The molecule has 0 aromatic heterocycles. The molecule has 0 fully saturated rings. The molecule has 1 N–H and O–H groups in total. The van der Waals surface area contributed by atoms with Crippen molar-refractivity contribution in [3.8, 4) is 5.75 Å². The quantitative estimate of drug-likeness (QED) is 0.801. The number of ether oxygens (including phenoxy) is 1. The van der Waals surface area contributed by atoms with E-state index >= 15 is 0 Å². The van der Waals surface area contributed by atoms with Crippen LogP contribution in [0.3, 0.4) is 0 Å². The molecule has 1 aromatic rings. The Morgan fingerprint density at radius 2 is 2.06 bits per heavy atom. The zero-order valence-electron chi connectivity index (χ0n) is 10.3. The van der Waals surface area contributed by atoms with Gasteiger partial charge in [-0.2, -0.15) is 0 Å². The van der Waals surface area contributed by atoms with Gasteiger partial charge in [0.05, 0.1) is 13.7 Å². The van der Waals surface area contributed by atoms with E-state index in [4.69, 9.17) is 9.84 Å². The first kappa shape index (κ1) is 13.0. The average Bonchev–Trinajstić information content (AvgIpc) is 2.35. The Hall–Kier alpha value is -1.06. The van der Waals surface area contributed by atoms with E-state index in [0.717, 1.165) is 12.3 Å². The van der Waals surface area contributed by atoms with E-state index < -0.39 is 0 Å². The molecular weight excluding hydrogens is 202 g/mol. The summed E-state index contributed by atoms with van der Waals surface area (Å²) >= 11 is 0. The highest BCUT2D eigenvalue weighted by molar-refractivity contribution is 5.35. The summed E-state index contributed by atoms with van der Waals surface area (Å²) in [7, 11) is 1.69. The highest BCUT2D eigenvalue weighted by Crippen LogP contribution is 2.28. The van der Waals surface area contributed by atoms with Crippen LogP contribution in [0, 0.1) is 0 Å². The van der Waals surface area contributed by atoms with Crippen molar-refractivity contribution in [1.82, 2.24) is 4.90 Å². The third kappa shape index (κ3) is 2.97. The van der Waals surface area contributed by atoms with E-state index in [0.29, 0.717) is 6.54 Å². The maximum Gasteiger partial charge on any atom is 0.123 e. The molecule has 16 heavy (non-hydrogen) atoms. The topological polar surface area (TPSA) is 32.7 Å². The number of likely N-dealkylation sites (N-methyl/N-ethyl adjacent to an activating group) is 1. The summed E-state index contributed by atoms with van der Waals surface area (Å²) in [5.74, 6) is 0.909. The molecular formula is C13H21NO2. The van der Waals surface area contributed by atoms with Crippen LogP contribution >= 0.6 is 0 Å². The van der Waals surface area contributed by atoms with Gasteiger partial charge in [-0.15, -0.1) is 0 Å². The van der Waals surface area contributed by atoms with Crippen LogP contribution in [0.25, 0.3) is 0 Å². The highest BCUT2D eigenvalue weighted by atomic mass is 16.5. The fourth-order valence-electron chi connectivity index (χ4n) is 1.96. The van der Waals surface area contributed by atoms with Crippen LogP contribution in [-0.4, -0.2) is 36.8 Å². The Kier molecular flexibility index (Phi) is 5.29. The number of aliphatic hydroxyl groups is 1. The van der Waals surface area contributed by atoms with Crippen LogP contribution in [0.5, 0.6) is 5.75 Å². The van der Waals surface area contributed by atoms with Gasteiger partial charge in [-0.25, -0.2) is 0 Å². The van der Waals surface area contributed by atoms with Crippen LogP contribution in [0.1, 0.15) is 25.5 Å². The number of hydrogen-bond acceptors (Lipinski definition) is 3. The predicted octanol–water partition coefficient (Wildman–Crippen LogP) is 2.07. The summed E-state index contributed by atoms with van der Waals surface area (Å²) in [5.41, 5.74) is 1.17. The maximum absolute atomic E-state index is 9.02. The molecule has 0 amide bonds. The number of nitrogens with zero attached hydrogens (tertiary/aromatic N) is 1. The van der Waals surface area contributed by atoms with Gasteiger partial charge in [-0.05, 0) is 19.5 Å². The minimum absolute atomic E-state index is 0.188. The molecule has 1 aromatic carbocycles. The van der Waals surface area contributed by atoms with Crippen LogP contribution in [0.15, 0.2) is 24.3 Å². The Bertz CT molecular complexity index is 315. The van der Waals surface area contributed by atoms with Crippen molar-refractivity contribution in [1.29, 1.82) is 0 Å². The number of benzene rings is 1. The number of aliphatic hydroxyl groups excluding tert-OH is 1. The first-order valence-electron chi connectivity index (χ1n) is 5.72. The van der Waals surface area contributed by atoms with Crippen molar-refractivity contribution in [2.24, 2.45) is 0 Å². The first-order valence-corrected chi connectivity index (χ1v) is 5.72. The molecule has 0 heterocycles. The number of para-hydroxylation sites is 1. The van der Waals surface area contributed by atoms with Crippen LogP contribution in [0.2, 0.25) is 0 Å². The molecule has 0 saturated heterocycles. The number of hydrogen-bond donors (Lipinski definition) is 1. The van der Waals surface area contributed by atoms with Gasteiger partial charge in [0, 0.05) is 18.2 Å². The smallest absolute Gasteiger partial charge is 0.123 e. The minimum atomic E-state index is 0.188. The number of rotatable bonds is 6. The normalized spacial score (nSPS) is 12.8. The number of methoxy groups -OCH3 is 1. The standard InChI is InChI=1S/C13H21NO2/c1-4-14(9-10-15)11(2)12-7-5-6-8-13(12)16-3/h5-8,11,15H,4,9-10H2,1-3H3. The van der Waals surface area contributed by atoms with Crippen molar-refractivity contribution in [3.63, 3.8) is 0 Å². The Labute approximate surface area is 97.7 Å². The molecule has 1 atom stereocenters. The summed E-state index contributed by atoms with van der Waals surface area (Å²) in [4.78, 5) is 2.22. The van der Waals surface area contributed by atoms with Crippen LogP contribution in [0.4, 0.5) is 0 Å². The summed E-state index contributed by atoms with van der Waals surface area (Å²) in [5, 5.41) is 9.02. The minimum Gasteiger partial charge on any atom is -0.496 e. The second kappa shape index (κ2) is 6.51. The van der Waals surface area contributed by atoms with Gasteiger partial charge < -0.3 is 9.84 Å². The first-order chi connectivity index (χ1) is 7.74. The second-order valence-corrected chi connectivity index (χ2v) is 3.77. The molecule has 0 aliphatic heterocycles. The Morgan fingerprint density at radius 1 is 1.38 bits per heavy atom. The molecule has 1 rings (SSSR count). The summed E-state index contributed by atoms with van der Waals surface area (Å²) < 4.78 is 5.35. The Balaban J connectivity index is 2.88. The highest BCUT2D eigenvalue weighted by Gasteiger charge is 2.16. The second-order valence-electron chi connectivity index (χ2n) is 3.77. The van der Waals surface area contributed by atoms with Crippen molar-refractivity contribution in [2.45, 2.75) is 19.9 Å². The Morgan fingerprint density at radius 3 is 2.62 bits per heavy atom. The lowest BCUT2D eigenvalue weighted by atomic mass is 10.1. The predicted molar refractivity (Wildman–Crippen MR) is 65.7 cm³/mol. The van der Waals surface area contributed by atoms with Crippen LogP contribution < -0.4 is 4.74 Å².